The zero-order chi connectivity index (χ0) is 22.1. The van der Waals surface area contributed by atoms with Gasteiger partial charge in [0.2, 0.25) is 0 Å². The molecule has 2 aromatic carbocycles. The summed E-state index contributed by atoms with van der Waals surface area (Å²) in [5.74, 6) is 0.875. The van der Waals surface area contributed by atoms with E-state index in [1.165, 1.54) is 5.69 Å². The number of methoxy groups -OCH3 is 1. The number of rotatable bonds is 5. The van der Waals surface area contributed by atoms with Gasteiger partial charge in [-0.25, -0.2) is 4.98 Å². The van der Waals surface area contributed by atoms with E-state index in [4.69, 9.17) is 4.74 Å². The zero-order valence-corrected chi connectivity index (χ0v) is 20.9. The van der Waals surface area contributed by atoms with Crippen molar-refractivity contribution >= 4 is 52.3 Å². The number of aromatic nitrogens is 3. The van der Waals surface area contributed by atoms with Crippen molar-refractivity contribution in [3.8, 4) is 5.75 Å². The van der Waals surface area contributed by atoms with Crippen LogP contribution in [0, 0.1) is 6.92 Å². The molecule has 1 fully saturated rings. The summed E-state index contributed by atoms with van der Waals surface area (Å²) >= 11 is 0. The van der Waals surface area contributed by atoms with Gasteiger partial charge in [0.1, 0.15) is 5.75 Å². The topological polar surface area (TPSA) is 63.5 Å². The molecule has 1 aliphatic heterocycles. The third kappa shape index (κ3) is 5.12. The van der Waals surface area contributed by atoms with Crippen molar-refractivity contribution in [2.75, 3.05) is 44.7 Å². The Hall–Kier alpha value is -2.87. The summed E-state index contributed by atoms with van der Waals surface area (Å²) < 4.78 is 6.95. The lowest BCUT2D eigenvalue weighted by Gasteiger charge is -2.36. The average Bonchev–Trinajstić information content (AvgIpc) is 2.83. The summed E-state index contributed by atoms with van der Waals surface area (Å²) in [7, 11) is 1.68. The molecule has 1 aliphatic rings. The number of ether oxygens (including phenoxy) is 1. The average molecular weight is 502 g/mol. The van der Waals surface area contributed by atoms with Crippen LogP contribution < -0.4 is 15.2 Å². The van der Waals surface area contributed by atoms with E-state index in [2.05, 4.69) is 31.9 Å². The Morgan fingerprint density at radius 1 is 0.912 bits per heavy atom. The van der Waals surface area contributed by atoms with Gasteiger partial charge in [0.25, 0.3) is 5.56 Å². The molecule has 0 saturated carbocycles. The van der Waals surface area contributed by atoms with Gasteiger partial charge in [-0.1, -0.05) is 12.1 Å². The minimum atomic E-state index is -0.0261. The molecule has 0 radical (unpaired) electrons. The first-order chi connectivity index (χ1) is 15.6. The molecule has 2 aromatic heterocycles. The fourth-order valence-electron chi connectivity index (χ4n) is 4.35. The SMILES string of the molecule is COc1ccc(N2CCN(CCn3cnc4c(cnc5cc(C)ccc54)c3=O)CC2)cc1.Cl.Cl. The molecule has 7 nitrogen and oxygen atoms in total. The van der Waals surface area contributed by atoms with Crippen LogP contribution in [0.1, 0.15) is 5.56 Å². The van der Waals surface area contributed by atoms with Gasteiger partial charge in [0.05, 0.1) is 29.9 Å². The molecule has 34 heavy (non-hydrogen) atoms. The number of hydrogen-bond donors (Lipinski definition) is 0. The van der Waals surface area contributed by atoms with Crippen LogP contribution in [0.15, 0.2) is 59.8 Å². The van der Waals surface area contributed by atoms with Crippen molar-refractivity contribution in [3.63, 3.8) is 0 Å². The molecular formula is C25H29Cl2N5O2. The van der Waals surface area contributed by atoms with E-state index in [-0.39, 0.29) is 30.4 Å². The number of fused-ring (bicyclic) bond motifs is 3. The van der Waals surface area contributed by atoms with Crippen LogP contribution in [0.2, 0.25) is 0 Å². The van der Waals surface area contributed by atoms with Gasteiger partial charge in [-0.05, 0) is 42.8 Å². The van der Waals surface area contributed by atoms with Crippen LogP contribution >= 0.6 is 24.8 Å². The normalized spacial score (nSPS) is 14.0. The molecule has 0 N–H and O–H groups in total. The molecule has 5 rings (SSSR count). The summed E-state index contributed by atoms with van der Waals surface area (Å²) in [5, 5.41) is 1.50. The lowest BCUT2D eigenvalue weighted by Crippen LogP contribution is -2.47. The predicted octanol–water partition coefficient (Wildman–Crippen LogP) is 3.93. The molecule has 1 saturated heterocycles. The lowest BCUT2D eigenvalue weighted by atomic mass is 10.1. The second-order valence-electron chi connectivity index (χ2n) is 8.31. The molecule has 3 heterocycles. The summed E-state index contributed by atoms with van der Waals surface area (Å²) in [4.78, 5) is 26.9. The summed E-state index contributed by atoms with van der Waals surface area (Å²) in [6.07, 6.45) is 3.34. The predicted molar refractivity (Wildman–Crippen MR) is 142 cm³/mol. The van der Waals surface area contributed by atoms with Gasteiger partial charge in [-0.3, -0.25) is 19.2 Å². The maximum atomic E-state index is 13.0. The molecule has 180 valence electrons. The van der Waals surface area contributed by atoms with Gasteiger partial charge >= 0.3 is 0 Å². The van der Waals surface area contributed by atoms with Crippen molar-refractivity contribution in [1.82, 2.24) is 19.4 Å². The number of anilines is 1. The van der Waals surface area contributed by atoms with Gasteiger partial charge in [0, 0.05) is 56.5 Å². The standard InChI is InChI=1S/C25H27N5O2.2ClH/c1-18-3-8-21-23(15-18)26-16-22-24(21)27-17-30(25(22)31)14-11-28-9-12-29(13-10-28)19-4-6-20(32-2)7-5-19;;/h3-8,15-17H,9-14H2,1-2H3;2*1H. The molecule has 0 atom stereocenters. The van der Waals surface area contributed by atoms with E-state index in [9.17, 15) is 4.79 Å². The first kappa shape index (κ1) is 25.7. The molecule has 9 heteroatoms. The Labute approximate surface area is 211 Å². The Balaban J connectivity index is 0.00000162. The van der Waals surface area contributed by atoms with E-state index in [0.717, 1.165) is 60.5 Å². The van der Waals surface area contributed by atoms with Crippen molar-refractivity contribution < 1.29 is 4.74 Å². The highest BCUT2D eigenvalue weighted by molar-refractivity contribution is 6.02. The van der Waals surface area contributed by atoms with E-state index in [1.54, 1.807) is 24.2 Å². The third-order valence-electron chi connectivity index (χ3n) is 6.28. The highest BCUT2D eigenvalue weighted by Gasteiger charge is 2.17. The molecule has 0 unspecified atom stereocenters. The van der Waals surface area contributed by atoms with Crippen molar-refractivity contribution in [1.29, 1.82) is 0 Å². The number of hydrogen-bond acceptors (Lipinski definition) is 6. The van der Waals surface area contributed by atoms with Crippen molar-refractivity contribution in [2.24, 2.45) is 0 Å². The van der Waals surface area contributed by atoms with E-state index in [1.807, 2.05) is 37.3 Å². The van der Waals surface area contributed by atoms with Crippen molar-refractivity contribution in [3.05, 3.63) is 70.9 Å². The van der Waals surface area contributed by atoms with Gasteiger partial charge in [-0.15, -0.1) is 24.8 Å². The Morgan fingerprint density at radius 3 is 2.35 bits per heavy atom. The van der Waals surface area contributed by atoms with Crippen LogP contribution in [0.3, 0.4) is 0 Å². The minimum Gasteiger partial charge on any atom is -0.497 e. The second-order valence-corrected chi connectivity index (χ2v) is 8.31. The van der Waals surface area contributed by atoms with E-state index in [0.29, 0.717) is 11.9 Å². The molecule has 0 spiro atoms. The second kappa shape index (κ2) is 11.0. The number of pyridine rings is 1. The van der Waals surface area contributed by atoms with Crippen LogP contribution in [-0.2, 0) is 6.54 Å². The fraction of sp³-hybridized carbons (Fsp3) is 0.320. The van der Waals surface area contributed by atoms with Crippen LogP contribution in [0.5, 0.6) is 5.75 Å². The number of halogens is 2. The Bertz CT molecular complexity index is 1320. The largest absolute Gasteiger partial charge is 0.497 e. The number of benzene rings is 2. The number of piperazine rings is 1. The van der Waals surface area contributed by atoms with Crippen LogP contribution in [0.25, 0.3) is 21.8 Å². The molecular weight excluding hydrogens is 473 g/mol. The maximum Gasteiger partial charge on any atom is 0.262 e. The van der Waals surface area contributed by atoms with E-state index < -0.39 is 0 Å². The Morgan fingerprint density at radius 2 is 1.65 bits per heavy atom. The molecule has 0 bridgehead atoms. The smallest absolute Gasteiger partial charge is 0.262 e. The highest BCUT2D eigenvalue weighted by atomic mass is 35.5. The number of aryl methyl sites for hydroxylation is 1. The quantitative estimate of drug-likeness (QED) is 0.386. The van der Waals surface area contributed by atoms with Crippen LogP contribution in [-0.4, -0.2) is 59.3 Å². The molecule has 0 amide bonds. The van der Waals surface area contributed by atoms with Crippen molar-refractivity contribution in [2.45, 2.75) is 13.5 Å². The highest BCUT2D eigenvalue weighted by Crippen LogP contribution is 2.21. The summed E-state index contributed by atoms with van der Waals surface area (Å²) in [6.45, 7) is 7.34. The lowest BCUT2D eigenvalue weighted by molar-refractivity contribution is 0.247. The van der Waals surface area contributed by atoms with Gasteiger partial charge in [-0.2, -0.15) is 0 Å². The molecule has 4 aromatic rings. The zero-order valence-electron chi connectivity index (χ0n) is 19.3. The fourth-order valence-corrected chi connectivity index (χ4v) is 4.35. The Kier molecular flexibility index (Phi) is 8.36. The number of nitrogens with zero attached hydrogens (tertiary/aromatic N) is 5. The minimum absolute atomic E-state index is 0. The third-order valence-corrected chi connectivity index (χ3v) is 6.28. The van der Waals surface area contributed by atoms with Gasteiger partial charge in [0.15, 0.2) is 0 Å². The monoisotopic (exact) mass is 501 g/mol. The first-order valence-electron chi connectivity index (χ1n) is 11.0. The first-order valence-corrected chi connectivity index (χ1v) is 11.0. The van der Waals surface area contributed by atoms with E-state index >= 15 is 0 Å². The van der Waals surface area contributed by atoms with Crippen LogP contribution in [0.4, 0.5) is 5.69 Å². The van der Waals surface area contributed by atoms with Gasteiger partial charge < -0.3 is 9.64 Å². The summed E-state index contributed by atoms with van der Waals surface area (Å²) in [5.41, 5.74) is 3.93. The maximum absolute atomic E-state index is 13.0. The molecule has 0 aliphatic carbocycles. The summed E-state index contributed by atoms with van der Waals surface area (Å²) in [6, 6.07) is 14.3.